The molecule has 0 aliphatic rings. The summed E-state index contributed by atoms with van der Waals surface area (Å²) in [5.41, 5.74) is 2.16. The number of rotatable bonds is 6. The monoisotopic (exact) mass is 203 g/mol. The topological polar surface area (TPSA) is 78.6 Å². The molecule has 0 aliphatic heterocycles. The molecule has 0 heterocycles. The molecule has 4 N–H and O–H groups in total. The average Bonchev–Trinajstić information content (AvgIpc) is 2.16. The van der Waals surface area contributed by atoms with Crippen LogP contribution in [0.15, 0.2) is 0 Å². The van der Waals surface area contributed by atoms with Crippen LogP contribution in [-0.2, 0) is 4.79 Å². The van der Waals surface area contributed by atoms with E-state index >= 15 is 0 Å². The molecule has 0 bridgehead atoms. The third-order valence-electron chi connectivity index (χ3n) is 2.23. The van der Waals surface area contributed by atoms with Gasteiger partial charge in [0.05, 0.1) is 12.6 Å². The zero-order valence-corrected chi connectivity index (χ0v) is 9.16. The number of nitrogens with one attached hydrogen (secondary N) is 1. The molecule has 1 amide bonds. The lowest BCUT2D eigenvalue weighted by Crippen LogP contribution is -2.52. The Labute approximate surface area is 85.2 Å². The number of aliphatic hydroxyl groups is 1. The van der Waals surface area contributed by atoms with E-state index in [0.29, 0.717) is 6.54 Å². The van der Waals surface area contributed by atoms with Crippen LogP contribution < -0.4 is 11.3 Å². The number of hydrogen-bond donors (Lipinski definition) is 3. The fourth-order valence-corrected chi connectivity index (χ4v) is 1.60. The van der Waals surface area contributed by atoms with E-state index < -0.39 is 0 Å². The van der Waals surface area contributed by atoms with E-state index in [2.05, 4.69) is 5.43 Å². The highest BCUT2D eigenvalue weighted by Crippen LogP contribution is 2.10. The fraction of sp³-hybridized carbons (Fsp3) is 0.889. The maximum absolute atomic E-state index is 11.5. The van der Waals surface area contributed by atoms with Crippen LogP contribution >= 0.6 is 0 Å². The van der Waals surface area contributed by atoms with Gasteiger partial charge in [-0.1, -0.05) is 20.8 Å². The first-order valence-electron chi connectivity index (χ1n) is 4.93. The zero-order valence-electron chi connectivity index (χ0n) is 9.16. The van der Waals surface area contributed by atoms with Gasteiger partial charge in [0.2, 0.25) is 0 Å². The molecule has 1 atom stereocenters. The average molecular weight is 203 g/mol. The van der Waals surface area contributed by atoms with Crippen LogP contribution in [0.5, 0.6) is 0 Å². The Kier molecular flexibility index (Phi) is 6.44. The van der Waals surface area contributed by atoms with Gasteiger partial charge in [0.15, 0.2) is 0 Å². The predicted octanol–water partition coefficient (Wildman–Crippen LogP) is -0.685. The van der Waals surface area contributed by atoms with Gasteiger partial charge < -0.3 is 5.11 Å². The van der Waals surface area contributed by atoms with Gasteiger partial charge in [0, 0.05) is 6.54 Å². The van der Waals surface area contributed by atoms with Gasteiger partial charge >= 0.3 is 0 Å². The third-order valence-corrected chi connectivity index (χ3v) is 2.23. The maximum atomic E-state index is 11.5. The molecular formula is C9H21N3O2. The normalized spacial score (nSPS) is 13.4. The first-order chi connectivity index (χ1) is 6.58. The van der Waals surface area contributed by atoms with Crippen molar-refractivity contribution in [2.75, 3.05) is 19.7 Å². The lowest BCUT2D eigenvalue weighted by atomic mass is 10.0. The molecule has 84 valence electrons. The van der Waals surface area contributed by atoms with E-state index in [1.165, 1.54) is 0 Å². The van der Waals surface area contributed by atoms with E-state index in [0.717, 1.165) is 6.54 Å². The number of likely N-dealkylation sites (N-methyl/N-ethyl adjacent to an activating group) is 1. The second-order valence-corrected chi connectivity index (χ2v) is 3.55. The Bertz CT molecular complexity index is 173. The number of aliphatic hydroxyl groups excluding tert-OH is 1. The van der Waals surface area contributed by atoms with Gasteiger partial charge in [-0.05, 0) is 12.5 Å². The number of carbonyl (C=O) groups excluding carboxylic acids is 1. The fourth-order valence-electron chi connectivity index (χ4n) is 1.60. The zero-order chi connectivity index (χ0) is 11.1. The second kappa shape index (κ2) is 6.75. The molecule has 0 rings (SSSR count). The summed E-state index contributed by atoms with van der Waals surface area (Å²) in [6.45, 7) is 7.13. The van der Waals surface area contributed by atoms with E-state index in [1.54, 1.807) is 0 Å². The number of amides is 1. The van der Waals surface area contributed by atoms with Crippen molar-refractivity contribution < 1.29 is 9.90 Å². The van der Waals surface area contributed by atoms with Crippen LogP contribution in [-0.4, -0.2) is 41.7 Å². The first kappa shape index (κ1) is 13.4. The maximum Gasteiger partial charge on any atom is 0.251 e. The molecule has 5 heteroatoms. The number of hydrogen-bond acceptors (Lipinski definition) is 4. The molecule has 0 aliphatic carbocycles. The molecule has 0 aromatic rings. The first-order valence-corrected chi connectivity index (χ1v) is 4.93. The SMILES string of the molecule is CCN(CCO)C(C(=O)NN)C(C)C. The van der Waals surface area contributed by atoms with Crippen molar-refractivity contribution in [1.29, 1.82) is 0 Å². The number of nitrogens with zero attached hydrogens (tertiary/aromatic N) is 1. The summed E-state index contributed by atoms with van der Waals surface area (Å²) in [5, 5.41) is 8.85. The molecular weight excluding hydrogens is 182 g/mol. The Balaban J connectivity index is 4.51. The van der Waals surface area contributed by atoms with Crippen molar-refractivity contribution in [3.8, 4) is 0 Å². The standard InChI is InChI=1S/C9H21N3O2/c1-4-12(5-6-13)8(7(2)3)9(14)11-10/h7-8,13H,4-6,10H2,1-3H3,(H,11,14). The summed E-state index contributed by atoms with van der Waals surface area (Å²) in [6.07, 6.45) is 0. The van der Waals surface area contributed by atoms with Crippen LogP contribution in [0.3, 0.4) is 0 Å². The summed E-state index contributed by atoms with van der Waals surface area (Å²) in [4.78, 5) is 13.4. The number of carbonyl (C=O) groups is 1. The molecule has 14 heavy (non-hydrogen) atoms. The van der Waals surface area contributed by atoms with E-state index in [4.69, 9.17) is 10.9 Å². The highest BCUT2D eigenvalue weighted by atomic mass is 16.3. The number of hydrazine groups is 1. The lowest BCUT2D eigenvalue weighted by molar-refractivity contribution is -0.128. The molecule has 0 spiro atoms. The highest BCUT2D eigenvalue weighted by Gasteiger charge is 2.26. The van der Waals surface area contributed by atoms with Gasteiger partial charge in [0.1, 0.15) is 0 Å². The number of nitrogens with two attached hydrogens (primary N) is 1. The second-order valence-electron chi connectivity index (χ2n) is 3.55. The summed E-state index contributed by atoms with van der Waals surface area (Å²) in [7, 11) is 0. The highest BCUT2D eigenvalue weighted by molar-refractivity contribution is 5.81. The molecule has 1 unspecified atom stereocenters. The minimum atomic E-state index is -0.267. The molecule has 0 saturated heterocycles. The Hall–Kier alpha value is -0.650. The minimum absolute atomic E-state index is 0.0505. The van der Waals surface area contributed by atoms with E-state index in [9.17, 15) is 4.79 Å². The quantitative estimate of drug-likeness (QED) is 0.303. The third kappa shape index (κ3) is 3.61. The Morgan fingerprint density at radius 1 is 1.57 bits per heavy atom. The predicted molar refractivity (Wildman–Crippen MR) is 55.3 cm³/mol. The van der Waals surface area contributed by atoms with Crippen molar-refractivity contribution in [2.24, 2.45) is 11.8 Å². The molecule has 0 saturated carbocycles. The molecule has 0 fully saturated rings. The van der Waals surface area contributed by atoms with Crippen molar-refractivity contribution in [2.45, 2.75) is 26.8 Å². The Morgan fingerprint density at radius 2 is 2.14 bits per heavy atom. The minimum Gasteiger partial charge on any atom is -0.395 e. The van der Waals surface area contributed by atoms with Gasteiger partial charge in [-0.3, -0.25) is 15.1 Å². The smallest absolute Gasteiger partial charge is 0.251 e. The van der Waals surface area contributed by atoms with E-state index in [1.807, 2.05) is 25.7 Å². The largest absolute Gasteiger partial charge is 0.395 e. The summed E-state index contributed by atoms with van der Waals surface area (Å²) >= 11 is 0. The van der Waals surface area contributed by atoms with Crippen LogP contribution in [0.2, 0.25) is 0 Å². The molecule has 0 aromatic carbocycles. The summed E-state index contributed by atoms with van der Waals surface area (Å²) in [5.74, 6) is 5.08. The van der Waals surface area contributed by atoms with Crippen molar-refractivity contribution in [3.63, 3.8) is 0 Å². The van der Waals surface area contributed by atoms with Crippen LogP contribution in [0.4, 0.5) is 0 Å². The lowest BCUT2D eigenvalue weighted by Gasteiger charge is -2.31. The summed E-state index contributed by atoms with van der Waals surface area (Å²) in [6, 6.07) is -0.267. The van der Waals surface area contributed by atoms with Gasteiger partial charge in [-0.15, -0.1) is 0 Å². The molecule has 0 aromatic heterocycles. The van der Waals surface area contributed by atoms with Gasteiger partial charge in [0.25, 0.3) is 5.91 Å². The molecule has 0 radical (unpaired) electrons. The van der Waals surface area contributed by atoms with Crippen LogP contribution in [0.25, 0.3) is 0 Å². The van der Waals surface area contributed by atoms with Gasteiger partial charge in [-0.25, -0.2) is 5.84 Å². The van der Waals surface area contributed by atoms with Crippen molar-refractivity contribution >= 4 is 5.91 Å². The van der Waals surface area contributed by atoms with Crippen molar-refractivity contribution in [3.05, 3.63) is 0 Å². The van der Waals surface area contributed by atoms with Gasteiger partial charge in [-0.2, -0.15) is 0 Å². The van der Waals surface area contributed by atoms with Crippen LogP contribution in [0.1, 0.15) is 20.8 Å². The van der Waals surface area contributed by atoms with E-state index in [-0.39, 0.29) is 24.5 Å². The van der Waals surface area contributed by atoms with Crippen molar-refractivity contribution in [1.82, 2.24) is 10.3 Å². The molecule has 5 nitrogen and oxygen atoms in total. The Morgan fingerprint density at radius 3 is 2.43 bits per heavy atom. The summed E-state index contributed by atoms with van der Waals surface area (Å²) < 4.78 is 0. The van der Waals surface area contributed by atoms with Crippen LogP contribution in [0, 0.1) is 5.92 Å².